The van der Waals surface area contributed by atoms with Crippen LogP contribution < -0.4 is 5.32 Å². The lowest BCUT2D eigenvalue weighted by Crippen LogP contribution is -2.39. The maximum absolute atomic E-state index is 12.7. The average Bonchev–Trinajstić information content (AvgIpc) is 2.53. The van der Waals surface area contributed by atoms with E-state index in [1.54, 1.807) is 0 Å². The van der Waals surface area contributed by atoms with Gasteiger partial charge >= 0.3 is 6.18 Å². The van der Waals surface area contributed by atoms with Crippen molar-refractivity contribution in [2.45, 2.75) is 19.0 Å². The van der Waals surface area contributed by atoms with Gasteiger partial charge in [0.05, 0.1) is 22.8 Å². The zero-order valence-electron chi connectivity index (χ0n) is 13.1. The Bertz CT molecular complexity index is 573. The molecule has 1 aromatic rings. The Hall–Kier alpha value is -1.31. The smallest absolute Gasteiger partial charge is 0.395 e. The first-order valence-corrected chi connectivity index (χ1v) is 8.17. The lowest BCUT2D eigenvalue weighted by molar-refractivity contribution is -0.137. The molecule has 0 aromatic heterocycles. The molecule has 134 valence electrons. The Morgan fingerprint density at radius 1 is 1.33 bits per heavy atom. The second kappa shape index (κ2) is 8.18. The van der Waals surface area contributed by atoms with E-state index in [0.717, 1.165) is 44.1 Å². The molecule has 1 heterocycles. The predicted octanol–water partition coefficient (Wildman–Crippen LogP) is 2.79. The molecule has 0 bridgehead atoms. The molecule has 4 nitrogen and oxygen atoms in total. The fourth-order valence-electron chi connectivity index (χ4n) is 2.76. The van der Waals surface area contributed by atoms with E-state index in [-0.39, 0.29) is 23.1 Å². The molecule has 24 heavy (non-hydrogen) atoms. The number of hydrogen-bond acceptors (Lipinski definition) is 3. The summed E-state index contributed by atoms with van der Waals surface area (Å²) in [6.07, 6.45) is -2.77. The number of piperidine rings is 1. The maximum Gasteiger partial charge on any atom is 0.416 e. The molecule has 8 heteroatoms. The van der Waals surface area contributed by atoms with Gasteiger partial charge < -0.3 is 15.3 Å². The highest BCUT2D eigenvalue weighted by Crippen LogP contribution is 2.31. The average molecular weight is 365 g/mol. The van der Waals surface area contributed by atoms with Crippen molar-refractivity contribution in [3.05, 3.63) is 34.3 Å². The minimum atomic E-state index is -4.51. The molecule has 0 radical (unpaired) electrons. The number of alkyl halides is 3. The van der Waals surface area contributed by atoms with E-state index in [1.807, 2.05) is 0 Å². The van der Waals surface area contributed by atoms with Crippen molar-refractivity contribution >= 4 is 17.5 Å². The fraction of sp³-hybridized carbons (Fsp3) is 0.562. The van der Waals surface area contributed by atoms with Gasteiger partial charge in [0.1, 0.15) is 0 Å². The predicted molar refractivity (Wildman–Crippen MR) is 85.0 cm³/mol. The SMILES string of the molecule is O=C(NCC1CCN(CCO)CC1)c1cc(C(F)(F)F)ccc1Cl. The van der Waals surface area contributed by atoms with Crippen LogP contribution in [0.5, 0.6) is 0 Å². The molecule has 1 amide bonds. The van der Waals surface area contributed by atoms with Crippen molar-refractivity contribution in [3.8, 4) is 0 Å². The van der Waals surface area contributed by atoms with Crippen molar-refractivity contribution in [2.24, 2.45) is 5.92 Å². The summed E-state index contributed by atoms with van der Waals surface area (Å²) in [5.41, 5.74) is -1.06. The van der Waals surface area contributed by atoms with Crippen LogP contribution in [0.3, 0.4) is 0 Å². The van der Waals surface area contributed by atoms with Gasteiger partial charge in [0.2, 0.25) is 0 Å². The lowest BCUT2D eigenvalue weighted by atomic mass is 9.96. The van der Waals surface area contributed by atoms with Gasteiger partial charge in [0.15, 0.2) is 0 Å². The van der Waals surface area contributed by atoms with Crippen LogP contribution in [0.4, 0.5) is 13.2 Å². The lowest BCUT2D eigenvalue weighted by Gasteiger charge is -2.31. The highest BCUT2D eigenvalue weighted by molar-refractivity contribution is 6.33. The normalized spacial score (nSPS) is 17.0. The molecule has 0 atom stereocenters. The van der Waals surface area contributed by atoms with Gasteiger partial charge in [-0.3, -0.25) is 4.79 Å². The quantitative estimate of drug-likeness (QED) is 0.844. The highest BCUT2D eigenvalue weighted by atomic mass is 35.5. The van der Waals surface area contributed by atoms with Crippen molar-refractivity contribution in [3.63, 3.8) is 0 Å². The van der Waals surface area contributed by atoms with Crippen molar-refractivity contribution in [1.29, 1.82) is 0 Å². The maximum atomic E-state index is 12.7. The zero-order valence-corrected chi connectivity index (χ0v) is 13.8. The molecule has 0 aliphatic carbocycles. The number of aliphatic hydroxyl groups excluding tert-OH is 1. The number of benzene rings is 1. The van der Waals surface area contributed by atoms with Crippen LogP contribution in [0, 0.1) is 5.92 Å². The largest absolute Gasteiger partial charge is 0.416 e. The van der Waals surface area contributed by atoms with Crippen LogP contribution in [0.2, 0.25) is 5.02 Å². The molecule has 2 rings (SSSR count). The van der Waals surface area contributed by atoms with E-state index in [9.17, 15) is 18.0 Å². The summed E-state index contributed by atoms with van der Waals surface area (Å²) < 4.78 is 38.2. The first-order valence-electron chi connectivity index (χ1n) is 7.79. The summed E-state index contributed by atoms with van der Waals surface area (Å²) >= 11 is 5.86. The standard InChI is InChI=1S/C16H20ClF3N2O2/c17-14-2-1-12(16(18,19)20)9-13(14)15(24)21-10-11-3-5-22(6-4-11)7-8-23/h1-2,9,11,23H,3-8,10H2,(H,21,24). The van der Waals surface area contributed by atoms with E-state index in [1.165, 1.54) is 0 Å². The van der Waals surface area contributed by atoms with Crippen molar-refractivity contribution < 1.29 is 23.1 Å². The molecular formula is C16H20ClF3N2O2. The first-order chi connectivity index (χ1) is 11.3. The van der Waals surface area contributed by atoms with Gasteiger partial charge in [-0.15, -0.1) is 0 Å². The summed E-state index contributed by atoms with van der Waals surface area (Å²) in [5.74, 6) is -0.322. The molecule has 1 saturated heterocycles. The number of carbonyl (C=O) groups is 1. The van der Waals surface area contributed by atoms with Gasteiger partial charge in [-0.1, -0.05) is 11.6 Å². The number of aliphatic hydroxyl groups is 1. The van der Waals surface area contributed by atoms with Gasteiger partial charge in [-0.25, -0.2) is 0 Å². The minimum absolute atomic E-state index is 0.00161. The van der Waals surface area contributed by atoms with Gasteiger partial charge in [-0.2, -0.15) is 13.2 Å². The Labute approximate surface area is 143 Å². The molecule has 1 aromatic carbocycles. The monoisotopic (exact) mass is 364 g/mol. The van der Waals surface area contributed by atoms with Crippen LogP contribution in [0.25, 0.3) is 0 Å². The minimum Gasteiger partial charge on any atom is -0.395 e. The van der Waals surface area contributed by atoms with Crippen LogP contribution in [0.15, 0.2) is 18.2 Å². The number of rotatable bonds is 5. The number of amides is 1. The van der Waals surface area contributed by atoms with Crippen molar-refractivity contribution in [1.82, 2.24) is 10.2 Å². The highest BCUT2D eigenvalue weighted by Gasteiger charge is 2.31. The first kappa shape index (κ1) is 19.0. The number of nitrogens with zero attached hydrogens (tertiary/aromatic N) is 1. The number of likely N-dealkylation sites (tertiary alicyclic amines) is 1. The van der Waals surface area contributed by atoms with Crippen LogP contribution >= 0.6 is 11.6 Å². The summed E-state index contributed by atoms with van der Waals surface area (Å²) in [6, 6.07) is 2.73. The number of β-amino-alcohol motifs (C(OH)–C–C–N with tert-alkyl or cyclic N) is 1. The summed E-state index contributed by atoms with van der Waals surface area (Å²) in [6.45, 7) is 2.84. The number of halogens is 4. The van der Waals surface area contributed by atoms with Gasteiger partial charge in [0, 0.05) is 13.1 Å². The Kier molecular flexibility index (Phi) is 6.48. The molecule has 2 N–H and O–H groups in total. The molecule has 0 unspecified atom stereocenters. The second-order valence-corrected chi connectivity index (χ2v) is 6.32. The Morgan fingerprint density at radius 3 is 2.58 bits per heavy atom. The Morgan fingerprint density at radius 2 is 2.00 bits per heavy atom. The van der Waals surface area contributed by atoms with Gasteiger partial charge in [-0.05, 0) is 50.0 Å². The molecule has 1 aliphatic heterocycles. The molecule has 1 fully saturated rings. The number of nitrogens with one attached hydrogen (secondary N) is 1. The second-order valence-electron chi connectivity index (χ2n) is 5.91. The van der Waals surface area contributed by atoms with E-state index >= 15 is 0 Å². The third-order valence-electron chi connectivity index (χ3n) is 4.21. The van der Waals surface area contributed by atoms with Crippen molar-refractivity contribution in [2.75, 3.05) is 32.8 Å². The van der Waals surface area contributed by atoms with Crippen LogP contribution in [-0.4, -0.2) is 48.7 Å². The third-order valence-corrected chi connectivity index (χ3v) is 4.54. The Balaban J connectivity index is 1.91. The van der Waals surface area contributed by atoms with E-state index in [4.69, 9.17) is 16.7 Å². The summed E-state index contributed by atoms with van der Waals surface area (Å²) in [7, 11) is 0. The van der Waals surface area contributed by atoms with Gasteiger partial charge in [0.25, 0.3) is 5.91 Å². The van der Waals surface area contributed by atoms with E-state index in [2.05, 4.69) is 10.2 Å². The fourth-order valence-corrected chi connectivity index (χ4v) is 2.97. The van der Waals surface area contributed by atoms with Crippen LogP contribution in [0.1, 0.15) is 28.8 Å². The summed E-state index contributed by atoms with van der Waals surface area (Å²) in [4.78, 5) is 14.3. The number of hydrogen-bond donors (Lipinski definition) is 2. The molecule has 0 saturated carbocycles. The zero-order chi connectivity index (χ0) is 17.7. The van der Waals surface area contributed by atoms with E-state index in [0.29, 0.717) is 13.1 Å². The molecular weight excluding hydrogens is 345 g/mol. The molecule has 0 spiro atoms. The van der Waals surface area contributed by atoms with Crippen LogP contribution in [-0.2, 0) is 6.18 Å². The number of carbonyl (C=O) groups excluding carboxylic acids is 1. The summed E-state index contributed by atoms with van der Waals surface area (Å²) in [5, 5.41) is 11.6. The topological polar surface area (TPSA) is 52.6 Å². The third kappa shape index (κ3) is 5.09. The van der Waals surface area contributed by atoms with E-state index < -0.39 is 17.6 Å². The molecule has 1 aliphatic rings.